The summed E-state index contributed by atoms with van der Waals surface area (Å²) < 4.78 is 16.6. The molecule has 0 spiro atoms. The third kappa shape index (κ3) is 13.4. The van der Waals surface area contributed by atoms with Gasteiger partial charge in [0.15, 0.2) is 0 Å². The largest absolute Gasteiger partial charge is 0.460 e. The summed E-state index contributed by atoms with van der Waals surface area (Å²) in [6.07, 6.45) is 1.46. The first kappa shape index (κ1) is 27.5. The summed E-state index contributed by atoms with van der Waals surface area (Å²) in [4.78, 5) is 35.7. The molecule has 0 heterocycles. The molecule has 0 aromatic rings. The van der Waals surface area contributed by atoms with Gasteiger partial charge in [0.25, 0.3) is 0 Å². The highest BCUT2D eigenvalue weighted by atomic mass is 16.6. The molecule has 0 aromatic heterocycles. The third-order valence-electron chi connectivity index (χ3n) is 4.19. The Kier molecular flexibility index (Phi) is 11.0. The first-order valence-electron chi connectivity index (χ1n) is 10.0. The number of nitrogens with one attached hydrogen (secondary N) is 2. The minimum absolute atomic E-state index is 0.0455. The number of methoxy groups -OCH3 is 1. The lowest BCUT2D eigenvalue weighted by atomic mass is 10.0. The van der Waals surface area contributed by atoms with E-state index in [0.29, 0.717) is 19.3 Å². The Bertz CT molecular complexity index is 540. The summed E-state index contributed by atoms with van der Waals surface area (Å²) in [6.45, 7) is 15.2. The number of hydrogen-bond acceptors (Lipinski definition) is 7. The average molecular weight is 417 g/mol. The van der Waals surface area contributed by atoms with Gasteiger partial charge < -0.3 is 24.3 Å². The molecule has 0 aliphatic carbocycles. The van der Waals surface area contributed by atoms with Gasteiger partial charge >= 0.3 is 5.97 Å². The van der Waals surface area contributed by atoms with E-state index < -0.39 is 29.4 Å². The lowest BCUT2D eigenvalue weighted by Crippen LogP contribution is -2.55. The molecular weight excluding hydrogens is 376 g/mol. The minimum atomic E-state index is -0.778. The van der Waals surface area contributed by atoms with Crippen molar-refractivity contribution in [3.05, 3.63) is 0 Å². The van der Waals surface area contributed by atoms with Gasteiger partial charge in [0.1, 0.15) is 17.6 Å². The van der Waals surface area contributed by atoms with Crippen LogP contribution in [-0.4, -0.2) is 60.9 Å². The minimum Gasteiger partial charge on any atom is -0.460 e. The lowest BCUT2D eigenvalue weighted by Gasteiger charge is -2.31. The molecule has 0 fully saturated rings. The van der Waals surface area contributed by atoms with E-state index in [9.17, 15) is 14.4 Å². The van der Waals surface area contributed by atoms with E-state index in [1.54, 1.807) is 20.8 Å². The summed E-state index contributed by atoms with van der Waals surface area (Å²) in [5.74, 6) is -0.774. The van der Waals surface area contributed by atoms with Gasteiger partial charge in [-0.3, -0.25) is 14.9 Å². The molecule has 1 amide bonds. The molecule has 29 heavy (non-hydrogen) atoms. The Morgan fingerprint density at radius 1 is 1.07 bits per heavy atom. The van der Waals surface area contributed by atoms with Crippen molar-refractivity contribution in [2.75, 3.05) is 13.7 Å². The third-order valence-corrected chi connectivity index (χ3v) is 4.19. The predicted octanol–water partition coefficient (Wildman–Crippen LogP) is 2.34. The fraction of sp³-hybridized carbons (Fsp3) is 0.857. The second-order valence-electron chi connectivity index (χ2n) is 9.33. The maximum Gasteiger partial charge on any atom is 0.306 e. The van der Waals surface area contributed by atoms with Crippen LogP contribution in [0.3, 0.4) is 0 Å². The number of ether oxygens (including phenoxy) is 3. The topological polar surface area (TPSA) is 103 Å². The van der Waals surface area contributed by atoms with Crippen LogP contribution in [0.1, 0.15) is 74.7 Å². The number of amides is 1. The Morgan fingerprint density at radius 2 is 1.66 bits per heavy atom. The molecule has 0 bridgehead atoms. The predicted molar refractivity (Wildman–Crippen MR) is 111 cm³/mol. The van der Waals surface area contributed by atoms with Gasteiger partial charge in [0.2, 0.25) is 5.91 Å². The standard InChI is InChI=1S/C21H40N2O6/c1-15(14-24)22-18(26)16(23-21(7,8)27-9)10-11-17(25)29-20(5,6)12-13-28-19(2,3)4/h14-16,23H,10-13H2,1-9H3,(H,22,26)/t15-,16-/m0/s1. The normalized spacial score (nSPS) is 14.8. The summed E-state index contributed by atoms with van der Waals surface area (Å²) in [5.41, 5.74) is -1.70. The second-order valence-corrected chi connectivity index (χ2v) is 9.33. The number of aldehydes is 1. The number of rotatable bonds is 13. The van der Waals surface area contributed by atoms with Crippen molar-refractivity contribution in [2.24, 2.45) is 0 Å². The summed E-state index contributed by atoms with van der Waals surface area (Å²) in [6, 6.07) is -1.33. The van der Waals surface area contributed by atoms with Crippen molar-refractivity contribution in [3.8, 4) is 0 Å². The van der Waals surface area contributed by atoms with Gasteiger partial charge in [0.05, 0.1) is 24.3 Å². The monoisotopic (exact) mass is 416 g/mol. The molecule has 0 aromatic carbocycles. The SMILES string of the molecule is COC(C)(C)N[C@@H](CCC(=O)OC(C)(C)CCOC(C)(C)C)C(=O)N[C@@H](C)C=O. The first-order chi connectivity index (χ1) is 13.1. The molecule has 8 heteroatoms. The van der Waals surface area contributed by atoms with Crippen molar-refractivity contribution in [2.45, 2.75) is 104 Å². The molecule has 2 N–H and O–H groups in total. The highest BCUT2D eigenvalue weighted by Gasteiger charge is 2.29. The second kappa shape index (κ2) is 11.6. The zero-order chi connectivity index (χ0) is 22.9. The van der Waals surface area contributed by atoms with Crippen molar-refractivity contribution >= 4 is 18.2 Å². The molecule has 0 unspecified atom stereocenters. The van der Waals surface area contributed by atoms with Crippen molar-refractivity contribution in [1.29, 1.82) is 0 Å². The van der Waals surface area contributed by atoms with E-state index in [0.717, 1.165) is 0 Å². The van der Waals surface area contributed by atoms with Crippen LogP contribution >= 0.6 is 0 Å². The highest BCUT2D eigenvalue weighted by Crippen LogP contribution is 2.19. The van der Waals surface area contributed by atoms with Crippen LogP contribution in [0.25, 0.3) is 0 Å². The molecule has 2 atom stereocenters. The summed E-state index contributed by atoms with van der Waals surface area (Å²) >= 11 is 0. The summed E-state index contributed by atoms with van der Waals surface area (Å²) in [5, 5.41) is 5.66. The Hall–Kier alpha value is -1.51. The Balaban J connectivity index is 4.81. The van der Waals surface area contributed by atoms with E-state index >= 15 is 0 Å². The van der Waals surface area contributed by atoms with Crippen LogP contribution in [0.4, 0.5) is 0 Å². The van der Waals surface area contributed by atoms with Crippen LogP contribution in [0.15, 0.2) is 0 Å². The van der Waals surface area contributed by atoms with Crippen LogP contribution in [-0.2, 0) is 28.6 Å². The van der Waals surface area contributed by atoms with Crippen molar-refractivity contribution in [3.63, 3.8) is 0 Å². The van der Waals surface area contributed by atoms with Crippen molar-refractivity contribution in [1.82, 2.24) is 10.6 Å². The summed E-state index contributed by atoms with van der Waals surface area (Å²) in [7, 11) is 1.52. The van der Waals surface area contributed by atoms with Crippen LogP contribution in [0.5, 0.6) is 0 Å². The molecule has 0 rings (SSSR count). The molecular formula is C21H40N2O6. The number of hydrogen-bond donors (Lipinski definition) is 2. The van der Waals surface area contributed by atoms with Crippen molar-refractivity contribution < 1.29 is 28.6 Å². The van der Waals surface area contributed by atoms with Gasteiger partial charge in [-0.25, -0.2) is 0 Å². The van der Waals surface area contributed by atoms with Crippen LogP contribution in [0, 0.1) is 0 Å². The average Bonchev–Trinajstić information content (AvgIpc) is 2.56. The van der Waals surface area contributed by atoms with E-state index in [4.69, 9.17) is 14.2 Å². The molecule has 0 saturated carbocycles. The van der Waals surface area contributed by atoms with Gasteiger partial charge in [-0.2, -0.15) is 0 Å². The van der Waals surface area contributed by atoms with Crippen LogP contribution < -0.4 is 10.6 Å². The van der Waals surface area contributed by atoms with Crippen LogP contribution in [0.2, 0.25) is 0 Å². The molecule has 0 saturated heterocycles. The first-order valence-corrected chi connectivity index (χ1v) is 10.0. The zero-order valence-electron chi connectivity index (χ0n) is 19.5. The Morgan fingerprint density at radius 3 is 2.14 bits per heavy atom. The quantitative estimate of drug-likeness (QED) is 0.270. The maximum atomic E-state index is 12.5. The molecule has 0 aliphatic rings. The zero-order valence-corrected chi connectivity index (χ0v) is 19.5. The van der Waals surface area contributed by atoms with Gasteiger partial charge in [-0.15, -0.1) is 0 Å². The number of carbonyl (C=O) groups is 3. The molecule has 0 aliphatic heterocycles. The van der Waals surface area contributed by atoms with Gasteiger partial charge in [-0.1, -0.05) is 0 Å². The lowest BCUT2D eigenvalue weighted by molar-refractivity contribution is -0.159. The maximum absolute atomic E-state index is 12.5. The van der Waals surface area contributed by atoms with E-state index in [-0.39, 0.29) is 24.3 Å². The smallest absolute Gasteiger partial charge is 0.306 e. The molecule has 0 radical (unpaired) electrons. The fourth-order valence-corrected chi connectivity index (χ4v) is 2.38. The fourth-order valence-electron chi connectivity index (χ4n) is 2.38. The molecule has 170 valence electrons. The van der Waals surface area contributed by atoms with E-state index in [1.807, 2.05) is 34.6 Å². The number of esters is 1. The highest BCUT2D eigenvalue weighted by molar-refractivity contribution is 5.85. The van der Waals surface area contributed by atoms with Gasteiger partial charge in [0, 0.05) is 20.0 Å². The van der Waals surface area contributed by atoms with Gasteiger partial charge in [-0.05, 0) is 61.8 Å². The van der Waals surface area contributed by atoms with E-state index in [2.05, 4.69) is 10.6 Å². The number of carbonyl (C=O) groups excluding carboxylic acids is 3. The van der Waals surface area contributed by atoms with E-state index in [1.165, 1.54) is 7.11 Å². The molecule has 8 nitrogen and oxygen atoms in total. The Labute approximate surface area is 175 Å².